The smallest absolute Gasteiger partial charge is 0.189 e. The van der Waals surface area contributed by atoms with Gasteiger partial charge in [0.25, 0.3) is 0 Å². The van der Waals surface area contributed by atoms with Gasteiger partial charge in [-0.25, -0.2) is 4.85 Å². The van der Waals surface area contributed by atoms with E-state index in [2.05, 4.69) is 221 Å². The third-order valence-corrected chi connectivity index (χ3v) is 14.1. The molecule has 0 bridgehead atoms. The van der Waals surface area contributed by atoms with Crippen molar-refractivity contribution < 1.29 is 9.47 Å². The number of benzene rings is 12. The fourth-order valence-corrected chi connectivity index (χ4v) is 9.72. The molecule has 0 radical (unpaired) electrons. The zero-order valence-electron chi connectivity index (χ0n) is 45.9. The number of nitriles is 1. The number of methoxy groups -OCH3 is 2. The SMILES string of the molecule is CN(c1ccc(C#N)cc1)c1cccc2ccccc12.COc1ccc(N(C)c2cccc3ccccc23)cc1.COc1cccc(N(C)c2cccc3ccccc23)c1.[C-]#[N+]c1cccc(N(C)c2cccc3ccccc23)c1. The molecule has 0 aliphatic heterocycles. The summed E-state index contributed by atoms with van der Waals surface area (Å²) in [7, 11) is 11.6. The Kier molecular flexibility index (Phi) is 17.6. The summed E-state index contributed by atoms with van der Waals surface area (Å²) in [6, 6.07) is 92.6. The number of anilines is 8. The van der Waals surface area contributed by atoms with Crippen molar-refractivity contribution in [3.05, 3.63) is 284 Å². The molecule has 0 aromatic heterocycles. The molecule has 0 atom stereocenters. The van der Waals surface area contributed by atoms with Crippen molar-refractivity contribution in [2.45, 2.75) is 0 Å². The number of hydrogen-bond donors (Lipinski definition) is 0. The van der Waals surface area contributed by atoms with Gasteiger partial charge in [-0.05, 0) is 119 Å². The van der Waals surface area contributed by atoms with Crippen LogP contribution in [0.2, 0.25) is 0 Å². The van der Waals surface area contributed by atoms with Gasteiger partial charge in [0.1, 0.15) is 11.5 Å². The molecule has 392 valence electrons. The van der Waals surface area contributed by atoms with Crippen molar-refractivity contribution in [1.29, 1.82) is 5.26 Å². The molecule has 80 heavy (non-hydrogen) atoms. The molecule has 0 heterocycles. The van der Waals surface area contributed by atoms with Crippen LogP contribution in [-0.2, 0) is 0 Å². The maximum Gasteiger partial charge on any atom is 0.189 e. The highest BCUT2D eigenvalue weighted by molar-refractivity contribution is 5.99. The van der Waals surface area contributed by atoms with E-state index in [9.17, 15) is 0 Å². The van der Waals surface area contributed by atoms with Crippen LogP contribution in [0.1, 0.15) is 5.56 Å². The van der Waals surface area contributed by atoms with Crippen molar-refractivity contribution >= 4 is 94.3 Å². The zero-order valence-corrected chi connectivity index (χ0v) is 45.9. The first-order valence-electron chi connectivity index (χ1n) is 26.3. The lowest BCUT2D eigenvalue weighted by atomic mass is 10.1. The Morgan fingerprint density at radius 3 is 1.04 bits per heavy atom. The van der Waals surface area contributed by atoms with Crippen LogP contribution in [0, 0.1) is 17.9 Å². The fraction of sp³-hybridized carbons (Fsp3) is 0.0833. The molecule has 8 nitrogen and oxygen atoms in total. The van der Waals surface area contributed by atoms with E-state index < -0.39 is 0 Å². The summed E-state index contributed by atoms with van der Waals surface area (Å²) in [6.07, 6.45) is 0. The number of rotatable bonds is 10. The molecule has 12 aromatic rings. The Bertz CT molecular complexity index is 4090. The Balaban J connectivity index is 0.000000129. The number of hydrogen-bond acceptors (Lipinski definition) is 7. The van der Waals surface area contributed by atoms with Crippen LogP contribution in [0.3, 0.4) is 0 Å². The number of nitrogens with zero attached hydrogens (tertiary/aromatic N) is 6. The third kappa shape index (κ3) is 12.7. The zero-order chi connectivity index (χ0) is 55.8. The maximum atomic E-state index is 8.86. The highest BCUT2D eigenvalue weighted by Gasteiger charge is 2.12. The van der Waals surface area contributed by atoms with Crippen molar-refractivity contribution in [3.63, 3.8) is 0 Å². The average molecular weight is 1040 g/mol. The lowest BCUT2D eigenvalue weighted by Crippen LogP contribution is -2.09. The Morgan fingerprint density at radius 2 is 0.662 bits per heavy atom. The lowest BCUT2D eigenvalue weighted by molar-refractivity contribution is 0.415. The summed E-state index contributed by atoms with van der Waals surface area (Å²) in [5, 5.41) is 18.8. The highest BCUT2D eigenvalue weighted by Crippen LogP contribution is 2.36. The molecule has 12 aromatic carbocycles. The van der Waals surface area contributed by atoms with Gasteiger partial charge >= 0.3 is 0 Å². The molecule has 0 N–H and O–H groups in total. The van der Waals surface area contributed by atoms with Crippen molar-refractivity contribution in [3.8, 4) is 17.6 Å². The van der Waals surface area contributed by atoms with Crippen LogP contribution in [0.4, 0.5) is 51.2 Å². The molecule has 0 unspecified atom stereocenters. The second-order valence-corrected chi connectivity index (χ2v) is 18.9. The normalized spacial score (nSPS) is 10.3. The fourth-order valence-electron chi connectivity index (χ4n) is 9.72. The molecule has 0 amide bonds. The van der Waals surface area contributed by atoms with Gasteiger partial charge in [0.05, 0.1) is 32.4 Å². The van der Waals surface area contributed by atoms with Crippen LogP contribution in [0.5, 0.6) is 11.5 Å². The van der Waals surface area contributed by atoms with Crippen molar-refractivity contribution in [2.75, 3.05) is 62.0 Å². The van der Waals surface area contributed by atoms with Gasteiger partial charge in [-0.15, -0.1) is 0 Å². The third-order valence-electron chi connectivity index (χ3n) is 14.1. The Labute approximate surface area is 470 Å². The van der Waals surface area contributed by atoms with Crippen LogP contribution < -0.4 is 29.1 Å². The second kappa shape index (κ2) is 26.0. The van der Waals surface area contributed by atoms with E-state index in [4.69, 9.17) is 21.3 Å². The van der Waals surface area contributed by atoms with E-state index >= 15 is 0 Å². The molecular formula is C72H62N6O2. The van der Waals surface area contributed by atoms with E-state index in [0.717, 1.165) is 45.6 Å². The van der Waals surface area contributed by atoms with E-state index in [-0.39, 0.29) is 0 Å². The molecule has 0 spiro atoms. The predicted molar refractivity (Wildman–Crippen MR) is 338 cm³/mol. The van der Waals surface area contributed by atoms with E-state index in [1.54, 1.807) is 14.2 Å². The predicted octanol–water partition coefficient (Wildman–Crippen LogP) is 18.9. The minimum atomic E-state index is 0.662. The van der Waals surface area contributed by atoms with Crippen LogP contribution >= 0.6 is 0 Å². The van der Waals surface area contributed by atoms with Gasteiger partial charge in [0.2, 0.25) is 0 Å². The van der Waals surface area contributed by atoms with Gasteiger partial charge in [0, 0.05) is 101 Å². The largest absolute Gasteiger partial charge is 0.497 e. The Morgan fingerprint density at radius 1 is 0.338 bits per heavy atom. The van der Waals surface area contributed by atoms with Gasteiger partial charge in [-0.3, -0.25) is 0 Å². The molecule has 0 fully saturated rings. The second-order valence-electron chi connectivity index (χ2n) is 18.9. The van der Waals surface area contributed by atoms with Crippen LogP contribution in [-0.4, -0.2) is 42.4 Å². The first-order chi connectivity index (χ1) is 39.2. The minimum Gasteiger partial charge on any atom is -0.497 e. The average Bonchev–Trinajstić information content (AvgIpc) is 3.55. The first kappa shape index (κ1) is 54.3. The van der Waals surface area contributed by atoms with Crippen LogP contribution in [0.25, 0.3) is 47.9 Å². The van der Waals surface area contributed by atoms with Gasteiger partial charge < -0.3 is 29.1 Å². The summed E-state index contributed by atoms with van der Waals surface area (Å²) in [5.41, 5.74) is 10.4. The van der Waals surface area contributed by atoms with Crippen LogP contribution in [0.15, 0.2) is 267 Å². The Hall–Kier alpha value is -10.5. The number of ether oxygens (including phenoxy) is 2. The summed E-state index contributed by atoms with van der Waals surface area (Å²) >= 11 is 0. The monoisotopic (exact) mass is 1040 g/mol. The van der Waals surface area contributed by atoms with Crippen molar-refractivity contribution in [2.24, 2.45) is 0 Å². The molecule has 0 saturated heterocycles. The van der Waals surface area contributed by atoms with Gasteiger partial charge in [0.15, 0.2) is 5.69 Å². The summed E-state index contributed by atoms with van der Waals surface area (Å²) in [5.74, 6) is 1.75. The van der Waals surface area contributed by atoms with Gasteiger partial charge in [-0.1, -0.05) is 164 Å². The molecule has 0 saturated carbocycles. The lowest BCUT2D eigenvalue weighted by Gasteiger charge is -2.22. The van der Waals surface area contributed by atoms with Crippen molar-refractivity contribution in [1.82, 2.24) is 0 Å². The standard InChI is InChI=1S/2C18H14N2.2C18H17NO/c1-19-15-9-6-10-16(13-15)20(2)18-12-5-8-14-7-3-4-11-17(14)18;1-20(16-11-9-14(13-19)10-12-16)18-8-4-6-15-5-2-3-7-17(15)18;1-19(15-9-6-10-16(13-15)20-2)18-12-5-8-14-7-3-4-11-17(14)18;1-19(15-10-12-16(20-2)13-11-15)18-9-5-7-14-6-3-4-8-17(14)18/h3-13H,2H3;2-12H,1H3;2*3-13H,1-2H3. The van der Waals surface area contributed by atoms with E-state index in [0.29, 0.717) is 11.3 Å². The van der Waals surface area contributed by atoms with Gasteiger partial charge in [-0.2, -0.15) is 5.26 Å². The molecule has 0 aliphatic rings. The maximum absolute atomic E-state index is 8.86. The molecule has 8 heteroatoms. The first-order valence-corrected chi connectivity index (χ1v) is 26.3. The molecule has 12 rings (SSSR count). The van der Waals surface area contributed by atoms with E-state index in [1.165, 1.54) is 54.5 Å². The minimum absolute atomic E-state index is 0.662. The quantitative estimate of drug-likeness (QED) is 0.127. The summed E-state index contributed by atoms with van der Waals surface area (Å²) < 4.78 is 10.5. The molecular weight excluding hydrogens is 981 g/mol. The topological polar surface area (TPSA) is 59.6 Å². The number of fused-ring (bicyclic) bond motifs is 4. The molecule has 0 aliphatic carbocycles. The highest BCUT2D eigenvalue weighted by atomic mass is 16.5. The van der Waals surface area contributed by atoms with E-state index in [1.807, 2.05) is 105 Å². The summed E-state index contributed by atoms with van der Waals surface area (Å²) in [6.45, 7) is 7.12. The summed E-state index contributed by atoms with van der Waals surface area (Å²) in [4.78, 5) is 12.1.